The van der Waals surface area contributed by atoms with Crippen LogP contribution in [0.4, 0.5) is 0 Å². The standard InChI is InChI=1S/C8H15N3O3/c9-7(13)6(4-12)11-8(14)5-2-1-3-10-5/h5-6,10,12H,1-4H2,(H2,9,13)(H,11,14). The molecule has 1 aliphatic heterocycles. The Morgan fingerprint density at radius 2 is 2.36 bits per heavy atom. The second-order valence-corrected chi connectivity index (χ2v) is 3.30. The van der Waals surface area contributed by atoms with E-state index in [4.69, 9.17) is 10.8 Å². The van der Waals surface area contributed by atoms with E-state index in [-0.39, 0.29) is 11.9 Å². The molecule has 2 amide bonds. The molecule has 5 N–H and O–H groups in total. The lowest BCUT2D eigenvalue weighted by Crippen LogP contribution is -2.51. The van der Waals surface area contributed by atoms with Crippen LogP contribution in [0.25, 0.3) is 0 Å². The van der Waals surface area contributed by atoms with Gasteiger partial charge >= 0.3 is 0 Å². The maximum Gasteiger partial charge on any atom is 0.242 e. The van der Waals surface area contributed by atoms with Crippen molar-refractivity contribution in [3.63, 3.8) is 0 Å². The first-order chi connectivity index (χ1) is 6.65. The van der Waals surface area contributed by atoms with Crippen LogP contribution in [-0.4, -0.2) is 42.2 Å². The molecule has 0 spiro atoms. The van der Waals surface area contributed by atoms with E-state index >= 15 is 0 Å². The molecule has 0 bridgehead atoms. The Balaban J connectivity index is 2.41. The van der Waals surface area contributed by atoms with E-state index in [0.717, 1.165) is 19.4 Å². The summed E-state index contributed by atoms with van der Waals surface area (Å²) in [6.45, 7) is 0.340. The summed E-state index contributed by atoms with van der Waals surface area (Å²) in [6.07, 6.45) is 1.70. The van der Waals surface area contributed by atoms with Crippen molar-refractivity contribution in [3.05, 3.63) is 0 Å². The fraction of sp³-hybridized carbons (Fsp3) is 0.750. The summed E-state index contributed by atoms with van der Waals surface area (Å²) in [5.74, 6) is -1.00. The summed E-state index contributed by atoms with van der Waals surface area (Å²) in [5, 5.41) is 14.1. The zero-order valence-corrected chi connectivity index (χ0v) is 7.82. The maximum atomic E-state index is 11.4. The number of nitrogens with one attached hydrogen (secondary N) is 2. The van der Waals surface area contributed by atoms with Gasteiger partial charge in [-0.2, -0.15) is 0 Å². The van der Waals surface area contributed by atoms with Crippen LogP contribution in [-0.2, 0) is 9.59 Å². The van der Waals surface area contributed by atoms with Crippen LogP contribution in [0.3, 0.4) is 0 Å². The number of amides is 2. The van der Waals surface area contributed by atoms with Crippen molar-refractivity contribution in [2.45, 2.75) is 24.9 Å². The zero-order valence-electron chi connectivity index (χ0n) is 7.82. The number of rotatable bonds is 4. The number of hydrogen-bond acceptors (Lipinski definition) is 4. The normalized spacial score (nSPS) is 23.1. The molecular formula is C8H15N3O3. The number of hydrogen-bond donors (Lipinski definition) is 4. The van der Waals surface area contributed by atoms with Crippen LogP contribution in [0, 0.1) is 0 Å². The molecule has 2 unspecified atom stereocenters. The van der Waals surface area contributed by atoms with Crippen LogP contribution in [0.2, 0.25) is 0 Å². The molecule has 0 aromatic carbocycles. The third-order valence-corrected chi connectivity index (χ3v) is 2.22. The summed E-state index contributed by atoms with van der Waals surface area (Å²) in [5.41, 5.74) is 4.96. The van der Waals surface area contributed by atoms with Gasteiger partial charge in [-0.05, 0) is 19.4 Å². The van der Waals surface area contributed by atoms with Crippen molar-refractivity contribution in [2.75, 3.05) is 13.2 Å². The molecular weight excluding hydrogens is 186 g/mol. The van der Waals surface area contributed by atoms with Crippen molar-refractivity contribution < 1.29 is 14.7 Å². The molecule has 14 heavy (non-hydrogen) atoms. The number of nitrogens with two attached hydrogens (primary N) is 1. The van der Waals surface area contributed by atoms with E-state index in [2.05, 4.69) is 10.6 Å². The van der Waals surface area contributed by atoms with Crippen LogP contribution in [0.15, 0.2) is 0 Å². The maximum absolute atomic E-state index is 11.4. The number of aliphatic hydroxyl groups is 1. The number of carbonyl (C=O) groups is 2. The van der Waals surface area contributed by atoms with Gasteiger partial charge in [0.25, 0.3) is 0 Å². The molecule has 0 aromatic rings. The Bertz CT molecular complexity index is 226. The van der Waals surface area contributed by atoms with Gasteiger partial charge in [-0.3, -0.25) is 9.59 Å². The molecule has 80 valence electrons. The smallest absolute Gasteiger partial charge is 0.242 e. The highest BCUT2D eigenvalue weighted by Crippen LogP contribution is 2.04. The summed E-state index contributed by atoms with van der Waals surface area (Å²) < 4.78 is 0. The molecule has 1 heterocycles. The van der Waals surface area contributed by atoms with Crippen molar-refractivity contribution in [3.8, 4) is 0 Å². The molecule has 1 rings (SSSR count). The highest BCUT2D eigenvalue weighted by atomic mass is 16.3. The molecule has 0 aromatic heterocycles. The topological polar surface area (TPSA) is 104 Å². The fourth-order valence-corrected chi connectivity index (χ4v) is 1.39. The molecule has 1 fully saturated rings. The third-order valence-electron chi connectivity index (χ3n) is 2.22. The predicted molar refractivity (Wildman–Crippen MR) is 49.2 cm³/mol. The molecule has 0 saturated carbocycles. The molecule has 6 heteroatoms. The Morgan fingerprint density at radius 1 is 1.64 bits per heavy atom. The van der Waals surface area contributed by atoms with Crippen molar-refractivity contribution >= 4 is 11.8 Å². The van der Waals surface area contributed by atoms with Gasteiger partial charge in [-0.15, -0.1) is 0 Å². The fourth-order valence-electron chi connectivity index (χ4n) is 1.39. The van der Waals surface area contributed by atoms with E-state index in [9.17, 15) is 9.59 Å². The van der Waals surface area contributed by atoms with Gasteiger partial charge in [0.05, 0.1) is 12.6 Å². The monoisotopic (exact) mass is 201 g/mol. The van der Waals surface area contributed by atoms with Crippen LogP contribution >= 0.6 is 0 Å². The first kappa shape index (κ1) is 10.9. The predicted octanol–water partition coefficient (Wildman–Crippen LogP) is -2.30. The van der Waals surface area contributed by atoms with Crippen LogP contribution in [0.1, 0.15) is 12.8 Å². The zero-order chi connectivity index (χ0) is 10.6. The SMILES string of the molecule is NC(=O)C(CO)NC(=O)C1CCCN1. The van der Waals surface area contributed by atoms with Gasteiger partial charge in [0.2, 0.25) is 11.8 Å². The molecule has 6 nitrogen and oxygen atoms in total. The van der Waals surface area contributed by atoms with E-state index in [1.165, 1.54) is 0 Å². The highest BCUT2D eigenvalue weighted by Gasteiger charge is 2.25. The molecule has 2 atom stereocenters. The third kappa shape index (κ3) is 2.68. The first-order valence-corrected chi connectivity index (χ1v) is 4.59. The molecule has 0 radical (unpaired) electrons. The minimum absolute atomic E-state index is 0.261. The first-order valence-electron chi connectivity index (χ1n) is 4.59. The second kappa shape index (κ2) is 4.92. The number of primary amides is 1. The Labute approximate surface area is 81.8 Å². The largest absolute Gasteiger partial charge is 0.394 e. The summed E-state index contributed by atoms with van der Waals surface area (Å²) in [7, 11) is 0. The Hall–Kier alpha value is -1.14. The number of carbonyl (C=O) groups excluding carboxylic acids is 2. The van der Waals surface area contributed by atoms with Crippen LogP contribution < -0.4 is 16.4 Å². The van der Waals surface area contributed by atoms with E-state index < -0.39 is 18.6 Å². The Kier molecular flexibility index (Phi) is 3.84. The van der Waals surface area contributed by atoms with Crippen molar-refractivity contribution in [1.82, 2.24) is 10.6 Å². The minimum Gasteiger partial charge on any atom is -0.394 e. The van der Waals surface area contributed by atoms with Crippen molar-refractivity contribution in [2.24, 2.45) is 5.73 Å². The van der Waals surface area contributed by atoms with Gasteiger partial charge < -0.3 is 21.5 Å². The van der Waals surface area contributed by atoms with Gasteiger partial charge in [0, 0.05) is 0 Å². The van der Waals surface area contributed by atoms with Crippen LogP contribution in [0.5, 0.6) is 0 Å². The molecule has 0 aliphatic carbocycles. The lowest BCUT2D eigenvalue weighted by Gasteiger charge is -2.15. The highest BCUT2D eigenvalue weighted by molar-refractivity contribution is 5.89. The van der Waals surface area contributed by atoms with E-state index in [0.29, 0.717) is 0 Å². The van der Waals surface area contributed by atoms with Crippen molar-refractivity contribution in [1.29, 1.82) is 0 Å². The lowest BCUT2D eigenvalue weighted by atomic mass is 10.2. The average Bonchev–Trinajstić information content (AvgIpc) is 2.65. The van der Waals surface area contributed by atoms with Gasteiger partial charge in [0.15, 0.2) is 0 Å². The van der Waals surface area contributed by atoms with E-state index in [1.807, 2.05) is 0 Å². The van der Waals surface area contributed by atoms with Gasteiger partial charge in [-0.1, -0.05) is 0 Å². The quantitative estimate of drug-likeness (QED) is 0.410. The molecule has 1 saturated heterocycles. The summed E-state index contributed by atoms with van der Waals surface area (Å²) in [6, 6.07) is -1.24. The lowest BCUT2D eigenvalue weighted by molar-refractivity contribution is -0.129. The van der Waals surface area contributed by atoms with Gasteiger partial charge in [-0.25, -0.2) is 0 Å². The summed E-state index contributed by atoms with van der Waals surface area (Å²) >= 11 is 0. The Morgan fingerprint density at radius 3 is 2.79 bits per heavy atom. The number of aliphatic hydroxyl groups excluding tert-OH is 1. The minimum atomic E-state index is -0.982. The average molecular weight is 201 g/mol. The summed E-state index contributed by atoms with van der Waals surface area (Å²) in [4.78, 5) is 22.1. The molecule has 1 aliphatic rings. The van der Waals surface area contributed by atoms with Gasteiger partial charge in [0.1, 0.15) is 6.04 Å². The van der Waals surface area contributed by atoms with E-state index in [1.54, 1.807) is 0 Å². The second-order valence-electron chi connectivity index (χ2n) is 3.30.